The minimum atomic E-state index is -2.90. The Bertz CT molecular complexity index is 545. The molecule has 1 aliphatic rings. The van der Waals surface area contributed by atoms with Crippen LogP contribution in [0.2, 0.25) is 5.02 Å². The molecule has 1 aromatic rings. The summed E-state index contributed by atoms with van der Waals surface area (Å²) in [5.41, 5.74) is 0.829. The smallest absolute Gasteiger partial charge is 0.152 e. The number of halogens is 1. The lowest BCUT2D eigenvalue weighted by Gasteiger charge is -2.24. The molecule has 0 radical (unpaired) electrons. The van der Waals surface area contributed by atoms with E-state index in [4.69, 9.17) is 16.3 Å². The molecule has 106 valence electrons. The Morgan fingerprint density at radius 3 is 2.89 bits per heavy atom. The summed E-state index contributed by atoms with van der Waals surface area (Å²) in [5.74, 6) is 1.14. The minimum absolute atomic E-state index is 0.0345. The molecule has 0 aliphatic carbocycles. The van der Waals surface area contributed by atoms with Gasteiger partial charge >= 0.3 is 0 Å². The molecule has 4 nitrogen and oxygen atoms in total. The van der Waals surface area contributed by atoms with Crippen molar-refractivity contribution < 1.29 is 13.2 Å². The number of anilines is 1. The molecule has 1 aromatic carbocycles. The monoisotopic (exact) mass is 303 g/mol. The third-order valence-corrected chi connectivity index (χ3v) is 5.18. The maximum atomic E-state index is 11.6. The maximum Gasteiger partial charge on any atom is 0.152 e. The van der Waals surface area contributed by atoms with Crippen molar-refractivity contribution in [3.63, 3.8) is 0 Å². The lowest BCUT2D eigenvalue weighted by molar-refractivity contribution is 0.340. The van der Waals surface area contributed by atoms with Gasteiger partial charge in [-0.2, -0.15) is 0 Å². The first kappa shape index (κ1) is 14.5. The summed E-state index contributed by atoms with van der Waals surface area (Å²) in [6.45, 7) is 2.46. The van der Waals surface area contributed by atoms with Gasteiger partial charge in [0.25, 0.3) is 0 Å². The van der Waals surface area contributed by atoms with Crippen molar-refractivity contribution >= 4 is 27.1 Å². The van der Waals surface area contributed by atoms with E-state index in [1.54, 1.807) is 12.1 Å². The van der Waals surface area contributed by atoms with E-state index < -0.39 is 9.84 Å². The standard InChI is InChI=1S/C13H18ClNO3S/c1-2-18-13-6-5-10(8-12(13)14)15-11-4-3-7-19(16,17)9-11/h5-6,8,11,15H,2-4,7,9H2,1H3. The van der Waals surface area contributed by atoms with Crippen molar-refractivity contribution in [2.24, 2.45) is 0 Å². The van der Waals surface area contributed by atoms with E-state index in [-0.39, 0.29) is 11.8 Å². The molecule has 1 saturated heterocycles. The van der Waals surface area contributed by atoms with Crippen molar-refractivity contribution in [1.82, 2.24) is 0 Å². The average molecular weight is 304 g/mol. The molecule has 6 heteroatoms. The fourth-order valence-corrected chi connectivity index (χ4v) is 4.11. The highest BCUT2D eigenvalue weighted by molar-refractivity contribution is 7.91. The minimum Gasteiger partial charge on any atom is -0.492 e. The molecule has 2 rings (SSSR count). The van der Waals surface area contributed by atoms with Crippen molar-refractivity contribution in [1.29, 1.82) is 0 Å². The molecule has 0 saturated carbocycles. The number of hydrogen-bond acceptors (Lipinski definition) is 4. The van der Waals surface area contributed by atoms with Gasteiger partial charge in [-0.15, -0.1) is 0 Å². The summed E-state index contributed by atoms with van der Waals surface area (Å²) in [4.78, 5) is 0. The molecule has 0 amide bonds. The number of hydrogen-bond donors (Lipinski definition) is 1. The third kappa shape index (κ3) is 4.01. The quantitative estimate of drug-likeness (QED) is 0.929. The van der Waals surface area contributed by atoms with E-state index >= 15 is 0 Å². The molecule has 1 fully saturated rings. The van der Waals surface area contributed by atoms with Crippen LogP contribution in [0.1, 0.15) is 19.8 Å². The first-order chi connectivity index (χ1) is 9.00. The number of rotatable bonds is 4. The van der Waals surface area contributed by atoms with Crippen LogP contribution in [-0.2, 0) is 9.84 Å². The summed E-state index contributed by atoms with van der Waals surface area (Å²) in [6.07, 6.45) is 1.58. The van der Waals surface area contributed by atoms with Crippen LogP contribution in [-0.4, -0.2) is 32.6 Å². The second-order valence-corrected chi connectivity index (χ2v) is 7.31. The molecular weight excluding hydrogens is 286 g/mol. The van der Waals surface area contributed by atoms with E-state index in [1.165, 1.54) is 0 Å². The van der Waals surface area contributed by atoms with Crippen LogP contribution < -0.4 is 10.1 Å². The van der Waals surface area contributed by atoms with Gasteiger partial charge in [0, 0.05) is 11.7 Å². The van der Waals surface area contributed by atoms with Crippen LogP contribution in [0.3, 0.4) is 0 Å². The maximum absolute atomic E-state index is 11.6. The normalized spacial score (nSPS) is 21.9. The Kier molecular flexibility index (Phi) is 4.58. The SMILES string of the molecule is CCOc1ccc(NC2CCCS(=O)(=O)C2)cc1Cl. The third-order valence-electron chi connectivity index (χ3n) is 3.07. The first-order valence-corrected chi connectivity index (χ1v) is 8.59. The van der Waals surface area contributed by atoms with E-state index in [1.807, 2.05) is 13.0 Å². The lowest BCUT2D eigenvalue weighted by atomic mass is 10.1. The van der Waals surface area contributed by atoms with Gasteiger partial charge < -0.3 is 10.1 Å². The van der Waals surface area contributed by atoms with Crippen LogP contribution in [0.25, 0.3) is 0 Å². The van der Waals surface area contributed by atoms with E-state index in [2.05, 4.69) is 5.32 Å². The molecule has 1 aliphatic heterocycles. The zero-order valence-corrected chi connectivity index (χ0v) is 12.4. The summed E-state index contributed by atoms with van der Waals surface area (Å²) in [5, 5.41) is 3.76. The summed E-state index contributed by atoms with van der Waals surface area (Å²) >= 11 is 6.10. The highest BCUT2D eigenvalue weighted by Gasteiger charge is 2.24. The molecule has 1 unspecified atom stereocenters. The lowest BCUT2D eigenvalue weighted by Crippen LogP contribution is -2.34. The first-order valence-electron chi connectivity index (χ1n) is 6.39. The summed E-state index contributed by atoms with van der Waals surface area (Å²) in [6, 6.07) is 5.39. The highest BCUT2D eigenvalue weighted by atomic mass is 35.5. The second kappa shape index (κ2) is 6.01. The second-order valence-electron chi connectivity index (χ2n) is 4.68. The van der Waals surface area contributed by atoms with Gasteiger partial charge in [0.2, 0.25) is 0 Å². The van der Waals surface area contributed by atoms with Crippen molar-refractivity contribution in [2.45, 2.75) is 25.8 Å². The number of sulfone groups is 1. The van der Waals surface area contributed by atoms with Crippen molar-refractivity contribution in [3.05, 3.63) is 23.2 Å². The number of ether oxygens (including phenoxy) is 1. The molecule has 0 spiro atoms. The van der Waals surface area contributed by atoms with Crippen LogP contribution in [0.5, 0.6) is 5.75 Å². The van der Waals surface area contributed by atoms with Gasteiger partial charge in [-0.1, -0.05) is 11.6 Å². The molecule has 0 aromatic heterocycles. The van der Waals surface area contributed by atoms with Gasteiger partial charge in [-0.25, -0.2) is 8.42 Å². The molecule has 19 heavy (non-hydrogen) atoms. The van der Waals surface area contributed by atoms with Gasteiger partial charge in [0.05, 0.1) is 23.1 Å². The summed E-state index contributed by atoms with van der Waals surface area (Å²) in [7, 11) is -2.90. The zero-order valence-electron chi connectivity index (χ0n) is 10.9. The molecule has 1 atom stereocenters. The van der Waals surface area contributed by atoms with E-state index in [0.29, 0.717) is 29.6 Å². The Hall–Kier alpha value is -0.940. The van der Waals surface area contributed by atoms with Gasteiger partial charge in [0.1, 0.15) is 5.75 Å². The molecule has 1 N–H and O–H groups in total. The predicted octanol–water partition coefficient (Wildman–Crippen LogP) is 2.73. The van der Waals surface area contributed by atoms with Crippen molar-refractivity contribution in [3.8, 4) is 5.75 Å². The average Bonchev–Trinajstić information content (AvgIpc) is 2.31. The topological polar surface area (TPSA) is 55.4 Å². The van der Waals surface area contributed by atoms with Gasteiger partial charge in [0.15, 0.2) is 9.84 Å². The van der Waals surface area contributed by atoms with Gasteiger partial charge in [-0.3, -0.25) is 0 Å². The van der Waals surface area contributed by atoms with Crippen LogP contribution >= 0.6 is 11.6 Å². The zero-order chi connectivity index (χ0) is 13.9. The van der Waals surface area contributed by atoms with E-state index in [0.717, 1.165) is 12.1 Å². The number of nitrogens with one attached hydrogen (secondary N) is 1. The Morgan fingerprint density at radius 1 is 1.47 bits per heavy atom. The highest BCUT2D eigenvalue weighted by Crippen LogP contribution is 2.28. The van der Waals surface area contributed by atoms with Gasteiger partial charge in [-0.05, 0) is 38.0 Å². The van der Waals surface area contributed by atoms with E-state index in [9.17, 15) is 8.42 Å². The number of benzene rings is 1. The molecule has 1 heterocycles. The molecule has 0 bridgehead atoms. The molecular formula is C13H18ClNO3S. The van der Waals surface area contributed by atoms with Crippen LogP contribution in [0.15, 0.2) is 18.2 Å². The Labute approximate surface area is 119 Å². The fourth-order valence-electron chi connectivity index (χ4n) is 2.24. The van der Waals surface area contributed by atoms with Crippen LogP contribution in [0.4, 0.5) is 5.69 Å². The summed E-state index contributed by atoms with van der Waals surface area (Å²) < 4.78 is 28.5. The Balaban J connectivity index is 2.05. The predicted molar refractivity (Wildman–Crippen MR) is 77.9 cm³/mol. The largest absolute Gasteiger partial charge is 0.492 e. The van der Waals surface area contributed by atoms with Crippen LogP contribution in [0, 0.1) is 0 Å². The fraction of sp³-hybridized carbons (Fsp3) is 0.538. The Morgan fingerprint density at radius 2 is 2.26 bits per heavy atom. The van der Waals surface area contributed by atoms with Crippen molar-refractivity contribution in [2.75, 3.05) is 23.4 Å².